The van der Waals surface area contributed by atoms with Crippen molar-refractivity contribution < 1.29 is 9.90 Å². The largest absolute Gasteiger partial charge is 0.481 e. The molecule has 0 spiro atoms. The van der Waals surface area contributed by atoms with Gasteiger partial charge in [0.15, 0.2) is 0 Å². The lowest BCUT2D eigenvalue weighted by Crippen LogP contribution is -2.49. The Morgan fingerprint density at radius 1 is 1.64 bits per heavy atom. The van der Waals surface area contributed by atoms with Crippen LogP contribution in [-0.4, -0.2) is 42.2 Å². The summed E-state index contributed by atoms with van der Waals surface area (Å²) in [5.41, 5.74) is 5.33. The van der Waals surface area contributed by atoms with Crippen molar-refractivity contribution in [3.05, 3.63) is 0 Å². The molecule has 0 aromatic rings. The number of likely N-dealkylation sites (tertiary alicyclic amines) is 1. The molecule has 0 aliphatic carbocycles. The van der Waals surface area contributed by atoms with Crippen molar-refractivity contribution in [3.63, 3.8) is 0 Å². The third-order valence-corrected chi connectivity index (χ3v) is 1.94. The second-order valence-electron chi connectivity index (χ2n) is 3.01. The van der Waals surface area contributed by atoms with Gasteiger partial charge in [-0.05, 0) is 5.92 Å². The summed E-state index contributed by atoms with van der Waals surface area (Å²) in [5.74, 6) is -0.332. The minimum atomic E-state index is -0.692. The first-order chi connectivity index (χ1) is 5.22. The summed E-state index contributed by atoms with van der Waals surface area (Å²) in [6, 6.07) is 0. The van der Waals surface area contributed by atoms with Gasteiger partial charge in [0, 0.05) is 26.2 Å². The number of hydrogen-bond acceptors (Lipinski definition) is 3. The molecule has 1 aliphatic rings. The van der Waals surface area contributed by atoms with Crippen molar-refractivity contribution in [3.8, 4) is 0 Å². The number of aliphatic carboxylic acids is 1. The molecule has 0 unspecified atom stereocenters. The van der Waals surface area contributed by atoms with Crippen LogP contribution in [0.4, 0.5) is 0 Å². The molecular formula is C7H14N2O2. The summed E-state index contributed by atoms with van der Waals surface area (Å²) >= 11 is 0. The highest BCUT2D eigenvalue weighted by atomic mass is 16.4. The maximum Gasteiger partial charge on any atom is 0.303 e. The van der Waals surface area contributed by atoms with Crippen LogP contribution >= 0.6 is 0 Å². The van der Waals surface area contributed by atoms with Crippen LogP contribution in [0.3, 0.4) is 0 Å². The second-order valence-corrected chi connectivity index (χ2v) is 3.01. The van der Waals surface area contributed by atoms with Crippen LogP contribution in [0.25, 0.3) is 0 Å². The Hall–Kier alpha value is -0.610. The topological polar surface area (TPSA) is 66.6 Å². The zero-order valence-corrected chi connectivity index (χ0v) is 6.49. The van der Waals surface area contributed by atoms with E-state index in [1.807, 2.05) is 0 Å². The summed E-state index contributed by atoms with van der Waals surface area (Å²) in [5, 5.41) is 8.42. The molecule has 1 rings (SSSR count). The third kappa shape index (κ3) is 2.48. The quantitative estimate of drug-likeness (QED) is 0.570. The van der Waals surface area contributed by atoms with Crippen LogP contribution in [0.15, 0.2) is 0 Å². The standard InChI is InChI=1S/C7H14N2O2/c8-1-2-9-4-6(5-9)3-7(10)11/h6H,1-5,8H2,(H,10,11). The molecule has 1 heterocycles. The van der Waals surface area contributed by atoms with Gasteiger partial charge in [0.25, 0.3) is 0 Å². The first kappa shape index (κ1) is 8.49. The van der Waals surface area contributed by atoms with Gasteiger partial charge in [-0.1, -0.05) is 0 Å². The van der Waals surface area contributed by atoms with Gasteiger partial charge >= 0.3 is 5.97 Å². The van der Waals surface area contributed by atoms with Gasteiger partial charge in [-0.15, -0.1) is 0 Å². The van der Waals surface area contributed by atoms with Crippen LogP contribution in [0.5, 0.6) is 0 Å². The van der Waals surface area contributed by atoms with E-state index in [-0.39, 0.29) is 0 Å². The van der Waals surface area contributed by atoms with Crippen molar-refractivity contribution >= 4 is 5.97 Å². The Morgan fingerprint density at radius 3 is 2.73 bits per heavy atom. The highest BCUT2D eigenvalue weighted by Gasteiger charge is 2.27. The minimum absolute atomic E-state index is 0.307. The highest BCUT2D eigenvalue weighted by molar-refractivity contribution is 5.67. The lowest BCUT2D eigenvalue weighted by atomic mass is 9.97. The zero-order chi connectivity index (χ0) is 8.27. The van der Waals surface area contributed by atoms with Gasteiger partial charge in [0.05, 0.1) is 6.42 Å². The van der Waals surface area contributed by atoms with Crippen molar-refractivity contribution in [2.75, 3.05) is 26.2 Å². The van der Waals surface area contributed by atoms with E-state index in [9.17, 15) is 4.79 Å². The molecule has 0 atom stereocenters. The fraction of sp³-hybridized carbons (Fsp3) is 0.857. The number of nitrogens with zero attached hydrogens (tertiary/aromatic N) is 1. The smallest absolute Gasteiger partial charge is 0.303 e. The fourth-order valence-corrected chi connectivity index (χ4v) is 1.42. The molecule has 0 bridgehead atoms. The Bertz CT molecular complexity index is 143. The molecule has 0 aromatic heterocycles. The highest BCUT2D eigenvalue weighted by Crippen LogP contribution is 2.17. The number of rotatable bonds is 4. The number of nitrogens with two attached hydrogens (primary N) is 1. The Labute approximate surface area is 66.0 Å². The lowest BCUT2D eigenvalue weighted by Gasteiger charge is -2.38. The minimum Gasteiger partial charge on any atom is -0.481 e. The SMILES string of the molecule is NCCN1CC(CC(=O)O)C1. The average molecular weight is 158 g/mol. The molecule has 1 aliphatic heterocycles. The molecule has 0 saturated carbocycles. The maximum absolute atomic E-state index is 10.2. The fourth-order valence-electron chi connectivity index (χ4n) is 1.42. The first-order valence-electron chi connectivity index (χ1n) is 3.86. The molecule has 4 heteroatoms. The molecule has 1 saturated heterocycles. The molecule has 0 amide bonds. The van der Waals surface area contributed by atoms with E-state index >= 15 is 0 Å². The summed E-state index contributed by atoms with van der Waals surface area (Å²) in [4.78, 5) is 12.4. The molecule has 0 aromatic carbocycles. The molecule has 3 N–H and O–H groups in total. The van der Waals surface area contributed by atoms with Crippen LogP contribution in [0, 0.1) is 5.92 Å². The Kier molecular flexibility index (Phi) is 2.84. The van der Waals surface area contributed by atoms with E-state index in [0.717, 1.165) is 19.6 Å². The van der Waals surface area contributed by atoms with Crippen molar-refractivity contribution in [1.82, 2.24) is 4.90 Å². The van der Waals surface area contributed by atoms with Gasteiger partial charge < -0.3 is 15.7 Å². The predicted octanol–water partition coefficient (Wildman–Crippen LogP) is -0.648. The molecule has 0 radical (unpaired) electrons. The van der Waals surface area contributed by atoms with Gasteiger partial charge in [-0.25, -0.2) is 0 Å². The van der Waals surface area contributed by atoms with Gasteiger partial charge in [0.1, 0.15) is 0 Å². The van der Waals surface area contributed by atoms with Crippen molar-refractivity contribution in [2.24, 2.45) is 11.7 Å². The summed E-state index contributed by atoms with van der Waals surface area (Å²) in [6.07, 6.45) is 0.307. The average Bonchev–Trinajstić information content (AvgIpc) is 1.82. The molecule has 1 fully saturated rings. The predicted molar refractivity (Wildman–Crippen MR) is 41.2 cm³/mol. The maximum atomic E-state index is 10.2. The molecule has 4 nitrogen and oxygen atoms in total. The second kappa shape index (κ2) is 3.69. The molecular weight excluding hydrogens is 144 g/mol. The third-order valence-electron chi connectivity index (χ3n) is 1.94. The monoisotopic (exact) mass is 158 g/mol. The number of carboxylic acid groups (broad SMARTS) is 1. The van der Waals surface area contributed by atoms with E-state index in [4.69, 9.17) is 10.8 Å². The van der Waals surface area contributed by atoms with E-state index in [0.29, 0.717) is 18.9 Å². The van der Waals surface area contributed by atoms with Gasteiger partial charge in [0.2, 0.25) is 0 Å². The summed E-state index contributed by atoms with van der Waals surface area (Å²) in [7, 11) is 0. The van der Waals surface area contributed by atoms with Crippen LogP contribution < -0.4 is 5.73 Å². The first-order valence-corrected chi connectivity index (χ1v) is 3.86. The van der Waals surface area contributed by atoms with Gasteiger partial charge in [-0.3, -0.25) is 4.79 Å². The number of carbonyl (C=O) groups is 1. The van der Waals surface area contributed by atoms with Gasteiger partial charge in [-0.2, -0.15) is 0 Å². The van der Waals surface area contributed by atoms with E-state index in [1.165, 1.54) is 0 Å². The van der Waals surface area contributed by atoms with E-state index in [2.05, 4.69) is 4.90 Å². The van der Waals surface area contributed by atoms with E-state index in [1.54, 1.807) is 0 Å². The van der Waals surface area contributed by atoms with Crippen molar-refractivity contribution in [2.45, 2.75) is 6.42 Å². The van der Waals surface area contributed by atoms with Crippen molar-refractivity contribution in [1.29, 1.82) is 0 Å². The van der Waals surface area contributed by atoms with Crippen LogP contribution in [0.2, 0.25) is 0 Å². The lowest BCUT2D eigenvalue weighted by molar-refractivity contribution is -0.139. The molecule has 64 valence electrons. The van der Waals surface area contributed by atoms with Crippen LogP contribution in [0.1, 0.15) is 6.42 Å². The van der Waals surface area contributed by atoms with E-state index < -0.39 is 5.97 Å². The molecule has 11 heavy (non-hydrogen) atoms. The summed E-state index contributed by atoms with van der Waals surface area (Å²) < 4.78 is 0. The normalized spacial score (nSPS) is 19.7. The van der Waals surface area contributed by atoms with Crippen LogP contribution in [-0.2, 0) is 4.79 Å². The number of hydrogen-bond donors (Lipinski definition) is 2. The Morgan fingerprint density at radius 2 is 2.27 bits per heavy atom. The Balaban J connectivity index is 2.04. The zero-order valence-electron chi connectivity index (χ0n) is 6.49. The summed E-state index contributed by atoms with van der Waals surface area (Å²) in [6.45, 7) is 3.38. The number of carboxylic acids is 1.